The molecule has 0 aromatic carbocycles. The Bertz CT molecular complexity index is 38.7. The molecule has 0 N–H and O–H groups in total. The molecule has 0 fully saturated rings. The first-order valence-electron chi connectivity index (χ1n) is 0.908. The third kappa shape index (κ3) is 66.3. The average molecular weight is 158 g/mol. The number of carboxylic acid groups (broad SMARTS) is 1. The summed E-state index contributed by atoms with van der Waals surface area (Å²) in [6.45, 7) is 0.972. The van der Waals surface area contributed by atoms with Gasteiger partial charge in [0.2, 0.25) is 0 Å². The van der Waals surface area contributed by atoms with Gasteiger partial charge in [0.25, 0.3) is 0 Å². The van der Waals surface area contributed by atoms with Crippen molar-refractivity contribution in [3.63, 3.8) is 0 Å². The molecule has 5 heteroatoms. The summed E-state index contributed by atoms with van der Waals surface area (Å²) < 4.78 is 0. The summed E-state index contributed by atoms with van der Waals surface area (Å²) in [6.07, 6.45) is 0. The average Bonchev–Trinajstić information content (AvgIpc) is 0.811. The molecule has 0 saturated heterocycles. The number of carbonyl (C=O) groups is 1. The molecule has 32 valence electrons. The monoisotopic (exact) mass is 157 g/mol. The predicted molar refractivity (Wildman–Crippen MR) is 16.4 cm³/mol. The van der Waals surface area contributed by atoms with Gasteiger partial charge in [-0.3, -0.25) is 0 Å². The van der Waals surface area contributed by atoms with Crippen LogP contribution in [-0.4, -0.2) is 29.0 Å². The number of hydrogen-bond acceptors (Lipinski definition) is 2. The van der Waals surface area contributed by atoms with Crippen LogP contribution < -0.4 is 68.9 Å². The molecule has 0 bridgehead atoms. The summed E-state index contributed by atoms with van der Waals surface area (Å²) in [7, 11) is 0. The van der Waals surface area contributed by atoms with Gasteiger partial charge in [0, 0.05) is 5.97 Å². The largest absolute Gasteiger partial charge is 2.00 e. The molecule has 0 aliphatic rings. The van der Waals surface area contributed by atoms with Crippen molar-refractivity contribution in [2.45, 2.75) is 6.92 Å². The molecule has 7 heavy (non-hydrogen) atoms. The summed E-state index contributed by atoms with van der Waals surface area (Å²) >= 11 is 0. The van der Waals surface area contributed by atoms with E-state index < -0.39 is 5.97 Å². The van der Waals surface area contributed by atoms with Crippen LogP contribution in [0.25, 0.3) is 0 Å². The van der Waals surface area contributed by atoms with Crippen molar-refractivity contribution in [3.8, 4) is 0 Å². The number of aliphatic carboxylic acids is 1. The van der Waals surface area contributed by atoms with E-state index in [0.29, 0.717) is 0 Å². The van der Waals surface area contributed by atoms with E-state index in [1.165, 1.54) is 0 Å². The number of hydrogen-bond donors (Lipinski definition) is 0. The van der Waals surface area contributed by atoms with Crippen molar-refractivity contribution < 1.29 is 73.7 Å². The maximum atomic E-state index is 8.89. The first kappa shape index (κ1) is 22.9. The van der Waals surface area contributed by atoms with Gasteiger partial charge in [0.1, 0.15) is 0 Å². The van der Waals surface area contributed by atoms with E-state index in [1.54, 1.807) is 0 Å². The van der Waals surface area contributed by atoms with Crippen molar-refractivity contribution in [3.05, 3.63) is 0 Å². The molecular weight excluding hydrogens is 155 g/mol. The van der Waals surface area contributed by atoms with Crippen molar-refractivity contribution in [1.82, 2.24) is 0 Å². The smallest absolute Gasteiger partial charge is 1.00 e. The summed E-state index contributed by atoms with van der Waals surface area (Å²) in [5, 5.41) is 8.89. The molecule has 0 spiro atoms. The quantitative estimate of drug-likeness (QED) is 0.328. The molecule has 0 saturated carbocycles. The SMILES string of the molecule is CC(=O)[O-].[Cl-].[K+].[Mg+2]. The van der Waals surface area contributed by atoms with Crippen LogP contribution in [0, 0.1) is 0 Å². The fourth-order valence-corrected chi connectivity index (χ4v) is 0. The molecule has 0 aliphatic carbocycles. The molecule has 0 aliphatic heterocycles. The number of rotatable bonds is 0. The van der Waals surface area contributed by atoms with Crippen LogP contribution in [0.1, 0.15) is 6.92 Å². The molecular formula is C2H3ClKMgO2+. The van der Waals surface area contributed by atoms with Gasteiger partial charge in [-0.05, 0) is 6.92 Å². The van der Waals surface area contributed by atoms with Crippen LogP contribution in [0.5, 0.6) is 0 Å². The molecule has 2 nitrogen and oxygen atoms in total. The van der Waals surface area contributed by atoms with Crippen LogP contribution in [0.3, 0.4) is 0 Å². The first-order chi connectivity index (χ1) is 1.73. The standard InChI is InChI=1S/C2H4O2.ClH.K.Mg/c1-2(3)4;;;/h1H3,(H,3,4);1H;;/q;;+1;+2/p-2. The first-order valence-corrected chi connectivity index (χ1v) is 0.908. The Morgan fingerprint density at radius 1 is 1.57 bits per heavy atom. The van der Waals surface area contributed by atoms with Crippen molar-refractivity contribution in [2.24, 2.45) is 0 Å². The Balaban J connectivity index is -0.0000000150. The van der Waals surface area contributed by atoms with E-state index in [1.807, 2.05) is 0 Å². The molecule has 0 rings (SSSR count). The van der Waals surface area contributed by atoms with E-state index in [2.05, 4.69) is 0 Å². The number of halogens is 1. The zero-order chi connectivity index (χ0) is 3.58. The third-order valence-corrected chi connectivity index (χ3v) is 0. The van der Waals surface area contributed by atoms with Gasteiger partial charge in [0.05, 0.1) is 0 Å². The van der Waals surface area contributed by atoms with Crippen LogP contribution in [0.2, 0.25) is 0 Å². The van der Waals surface area contributed by atoms with Gasteiger partial charge in [-0.15, -0.1) is 0 Å². The summed E-state index contributed by atoms with van der Waals surface area (Å²) in [5.41, 5.74) is 0. The van der Waals surface area contributed by atoms with Gasteiger partial charge >= 0.3 is 74.4 Å². The van der Waals surface area contributed by atoms with Crippen molar-refractivity contribution in [2.75, 3.05) is 0 Å². The van der Waals surface area contributed by atoms with E-state index in [4.69, 9.17) is 9.90 Å². The van der Waals surface area contributed by atoms with E-state index in [0.717, 1.165) is 6.92 Å². The zero-order valence-corrected chi connectivity index (χ0v) is 9.69. The number of carboxylic acids is 1. The molecule has 0 heterocycles. The maximum Gasteiger partial charge on any atom is 2.00 e. The predicted octanol–water partition coefficient (Wildman–Crippen LogP) is -7.62. The van der Waals surface area contributed by atoms with E-state index in [-0.39, 0.29) is 86.8 Å². The minimum Gasteiger partial charge on any atom is -1.00 e. The Hall–Kier alpha value is 2.16. The second-order valence-corrected chi connectivity index (χ2v) is 0.492. The Kier molecular flexibility index (Phi) is 51.4. The Morgan fingerprint density at radius 3 is 1.57 bits per heavy atom. The molecule has 0 aromatic rings. The molecule has 0 aromatic heterocycles. The minimum atomic E-state index is -1.08. The second kappa shape index (κ2) is 15.7. The van der Waals surface area contributed by atoms with Gasteiger partial charge in [-0.2, -0.15) is 0 Å². The molecule has 0 atom stereocenters. The summed E-state index contributed by atoms with van der Waals surface area (Å²) in [4.78, 5) is 8.89. The Labute approximate surface area is 107 Å². The minimum absolute atomic E-state index is 0. The zero-order valence-electron chi connectivity index (χ0n) is 4.40. The maximum absolute atomic E-state index is 8.89. The topological polar surface area (TPSA) is 40.1 Å². The Morgan fingerprint density at radius 2 is 1.57 bits per heavy atom. The van der Waals surface area contributed by atoms with E-state index >= 15 is 0 Å². The summed E-state index contributed by atoms with van der Waals surface area (Å²) in [6, 6.07) is 0. The molecule has 0 amide bonds. The van der Waals surface area contributed by atoms with Crippen LogP contribution in [0.15, 0.2) is 0 Å². The van der Waals surface area contributed by atoms with Crippen LogP contribution in [0.4, 0.5) is 0 Å². The van der Waals surface area contributed by atoms with Gasteiger partial charge in [-0.25, -0.2) is 0 Å². The normalized spacial score (nSPS) is 3.57. The van der Waals surface area contributed by atoms with E-state index in [9.17, 15) is 0 Å². The van der Waals surface area contributed by atoms with Gasteiger partial charge in [-0.1, -0.05) is 0 Å². The molecule has 0 unspecified atom stereocenters. The van der Waals surface area contributed by atoms with Crippen LogP contribution in [-0.2, 0) is 4.79 Å². The third-order valence-electron chi connectivity index (χ3n) is 0. The fourth-order valence-electron chi connectivity index (χ4n) is 0. The van der Waals surface area contributed by atoms with Crippen LogP contribution >= 0.6 is 0 Å². The number of carbonyl (C=O) groups excluding carboxylic acids is 1. The summed E-state index contributed by atoms with van der Waals surface area (Å²) in [5.74, 6) is -1.08. The van der Waals surface area contributed by atoms with Gasteiger partial charge < -0.3 is 22.3 Å². The van der Waals surface area contributed by atoms with Gasteiger partial charge in [0.15, 0.2) is 0 Å². The van der Waals surface area contributed by atoms with Crippen molar-refractivity contribution >= 4 is 29.0 Å². The fraction of sp³-hybridized carbons (Fsp3) is 0.500. The second-order valence-electron chi connectivity index (χ2n) is 0.492. The molecule has 0 radical (unpaired) electrons. The van der Waals surface area contributed by atoms with Crippen molar-refractivity contribution in [1.29, 1.82) is 0 Å².